The second-order valence-electron chi connectivity index (χ2n) is 12.8. The minimum atomic E-state index is -0.445. The van der Waals surface area contributed by atoms with Crippen molar-refractivity contribution in [3.63, 3.8) is 0 Å². The first-order valence-electron chi connectivity index (χ1n) is 18.3. The minimum absolute atomic E-state index is 0.00286. The van der Waals surface area contributed by atoms with Crippen LogP contribution in [0.4, 0.5) is 11.6 Å². The first kappa shape index (κ1) is 39.4. The van der Waals surface area contributed by atoms with Crippen LogP contribution in [0.25, 0.3) is 0 Å². The number of hydrogen-bond acceptors (Lipinski definition) is 11. The normalized spacial score (nSPS) is 13.4. The molecule has 16 nitrogen and oxygen atoms in total. The fourth-order valence-corrected chi connectivity index (χ4v) is 6.34. The molecule has 0 radical (unpaired) electrons. The summed E-state index contributed by atoms with van der Waals surface area (Å²) < 4.78 is 3.48. The predicted octanol–water partition coefficient (Wildman–Crippen LogP) is 2.77. The summed E-state index contributed by atoms with van der Waals surface area (Å²) in [6.45, 7) is 7.32. The summed E-state index contributed by atoms with van der Waals surface area (Å²) in [5.41, 5.74) is 1.18. The lowest BCUT2D eigenvalue weighted by molar-refractivity contribution is -0.388. The first-order valence-corrected chi connectivity index (χ1v) is 18.3. The Hall–Kier alpha value is -4.41. The van der Waals surface area contributed by atoms with E-state index in [4.69, 9.17) is 10.2 Å². The van der Waals surface area contributed by atoms with Gasteiger partial charge < -0.3 is 35.9 Å². The summed E-state index contributed by atoms with van der Waals surface area (Å²) in [5.74, 6) is 0.273. The van der Waals surface area contributed by atoms with Gasteiger partial charge in [0.05, 0.1) is 6.54 Å². The number of carbonyl (C=O) groups is 2. The Bertz CT molecular complexity index is 1520. The Morgan fingerprint density at radius 2 is 1.47 bits per heavy atom. The zero-order chi connectivity index (χ0) is 36.4. The van der Waals surface area contributed by atoms with Crippen molar-refractivity contribution in [2.75, 3.05) is 63.9 Å². The van der Waals surface area contributed by atoms with Crippen LogP contribution in [0.15, 0.2) is 30.3 Å². The molecular weight excluding hydrogens is 656 g/mol. The smallest absolute Gasteiger partial charge is 0.396 e. The van der Waals surface area contributed by atoms with Gasteiger partial charge in [0.1, 0.15) is 0 Å². The van der Waals surface area contributed by atoms with E-state index in [0.29, 0.717) is 83.4 Å². The number of rotatable bonds is 23. The van der Waals surface area contributed by atoms with Crippen LogP contribution in [-0.2, 0) is 19.5 Å². The number of carbonyl (C=O) groups excluding carboxylic acids is 2. The van der Waals surface area contributed by atoms with Crippen molar-refractivity contribution < 1.29 is 24.7 Å². The molecule has 3 heterocycles. The van der Waals surface area contributed by atoms with Gasteiger partial charge in [0.15, 0.2) is 11.4 Å². The Morgan fingerprint density at radius 1 is 0.843 bits per heavy atom. The number of anilines is 1. The SMILES string of the molecule is CCc1nc([N+](=O)[O-])c(N2CCN(CCCn3nnc(C(=O)NCCCCCCO)c3C(=O)NCCCCCCO)CC2)n1Cc1ccccc1. The van der Waals surface area contributed by atoms with Crippen molar-refractivity contribution >= 4 is 23.5 Å². The molecule has 1 fully saturated rings. The summed E-state index contributed by atoms with van der Waals surface area (Å²) >= 11 is 0. The minimum Gasteiger partial charge on any atom is -0.396 e. The molecule has 2 aromatic heterocycles. The monoisotopic (exact) mass is 710 g/mol. The van der Waals surface area contributed by atoms with E-state index in [9.17, 15) is 19.7 Å². The number of hydrogen-bond donors (Lipinski definition) is 4. The highest BCUT2D eigenvalue weighted by atomic mass is 16.6. The van der Waals surface area contributed by atoms with Crippen molar-refractivity contribution in [2.24, 2.45) is 0 Å². The van der Waals surface area contributed by atoms with E-state index in [1.54, 1.807) is 0 Å². The maximum absolute atomic E-state index is 13.3. The van der Waals surface area contributed by atoms with Gasteiger partial charge in [0.25, 0.3) is 11.8 Å². The highest BCUT2D eigenvalue weighted by Gasteiger charge is 2.33. The van der Waals surface area contributed by atoms with Gasteiger partial charge in [-0.2, -0.15) is 0 Å². The zero-order valence-electron chi connectivity index (χ0n) is 29.8. The van der Waals surface area contributed by atoms with Gasteiger partial charge in [0, 0.05) is 72.0 Å². The molecule has 280 valence electrons. The van der Waals surface area contributed by atoms with E-state index in [0.717, 1.165) is 56.9 Å². The summed E-state index contributed by atoms with van der Waals surface area (Å²) in [4.78, 5) is 46.9. The average molecular weight is 711 g/mol. The van der Waals surface area contributed by atoms with E-state index >= 15 is 0 Å². The van der Waals surface area contributed by atoms with Crippen LogP contribution < -0.4 is 15.5 Å². The molecule has 0 saturated carbocycles. The fraction of sp³-hybridized carbons (Fsp3) is 0.629. The molecular formula is C35H54N10O6. The number of nitro groups is 1. The number of aromatic nitrogens is 5. The molecule has 0 bridgehead atoms. The number of aryl methyl sites for hydroxylation is 2. The van der Waals surface area contributed by atoms with Gasteiger partial charge in [-0.15, -0.1) is 5.10 Å². The third-order valence-electron chi connectivity index (χ3n) is 9.10. The summed E-state index contributed by atoms with van der Waals surface area (Å²) in [7, 11) is 0. The molecule has 4 rings (SSSR count). The maximum atomic E-state index is 13.3. The molecule has 2 amide bonds. The molecule has 1 aliphatic rings. The van der Waals surface area contributed by atoms with Gasteiger partial charge in [0.2, 0.25) is 11.6 Å². The number of piperazine rings is 1. The topological polar surface area (TPSA) is 197 Å². The third kappa shape index (κ3) is 11.6. The van der Waals surface area contributed by atoms with Crippen molar-refractivity contribution in [1.82, 2.24) is 40.1 Å². The van der Waals surface area contributed by atoms with E-state index in [2.05, 4.69) is 35.7 Å². The largest absolute Gasteiger partial charge is 0.406 e. The highest BCUT2D eigenvalue weighted by Crippen LogP contribution is 2.31. The lowest BCUT2D eigenvalue weighted by atomic mass is 10.2. The molecule has 1 saturated heterocycles. The second-order valence-corrected chi connectivity index (χ2v) is 12.8. The molecule has 4 N–H and O–H groups in total. The highest BCUT2D eigenvalue weighted by molar-refractivity contribution is 6.04. The summed E-state index contributed by atoms with van der Waals surface area (Å²) in [6.07, 6.45) is 7.70. The Kier molecular flexibility index (Phi) is 16.3. The maximum Gasteiger partial charge on any atom is 0.406 e. The van der Waals surface area contributed by atoms with Crippen LogP contribution in [0.3, 0.4) is 0 Å². The number of aliphatic hydroxyl groups is 2. The van der Waals surface area contributed by atoms with Crippen molar-refractivity contribution in [1.29, 1.82) is 0 Å². The zero-order valence-corrected chi connectivity index (χ0v) is 29.8. The molecule has 0 spiro atoms. The fourth-order valence-electron chi connectivity index (χ4n) is 6.34. The van der Waals surface area contributed by atoms with E-state index < -0.39 is 11.8 Å². The third-order valence-corrected chi connectivity index (χ3v) is 9.10. The second kappa shape index (κ2) is 21.1. The van der Waals surface area contributed by atoms with Crippen LogP contribution >= 0.6 is 0 Å². The molecule has 16 heteroatoms. The number of unbranched alkanes of at least 4 members (excludes halogenated alkanes) is 6. The Balaban J connectivity index is 1.36. The number of aliphatic hydroxyl groups excluding tert-OH is 2. The standard InChI is InChI=1S/C35H54N10O6/c1-2-29-38-32(45(50)51)35(43(29)27-28-15-8-7-9-16-28)42-23-21-41(22-24-42)19-14-20-44-31(34(49)37-18-11-4-6-13-26-47)30(39-40-44)33(48)36-17-10-3-5-12-25-46/h7-9,15-16,46-47H,2-6,10-14,17-27H2,1H3,(H,36,48)(H,37,49). The number of amides is 2. The van der Waals surface area contributed by atoms with Gasteiger partial charge in [-0.25, -0.2) is 4.68 Å². The molecule has 0 aliphatic carbocycles. The number of imidazole rings is 1. The van der Waals surface area contributed by atoms with Crippen LogP contribution in [0, 0.1) is 10.1 Å². The van der Waals surface area contributed by atoms with Crippen LogP contribution in [0.1, 0.15) is 97.1 Å². The first-order chi connectivity index (χ1) is 24.9. The molecule has 0 atom stereocenters. The number of nitrogens with one attached hydrogen (secondary N) is 2. The van der Waals surface area contributed by atoms with Crippen molar-refractivity contribution in [3.05, 3.63) is 63.2 Å². The van der Waals surface area contributed by atoms with Gasteiger partial charge >= 0.3 is 5.82 Å². The summed E-state index contributed by atoms with van der Waals surface area (Å²) in [6, 6.07) is 9.89. The Morgan fingerprint density at radius 3 is 2.08 bits per heavy atom. The molecule has 0 unspecified atom stereocenters. The summed E-state index contributed by atoms with van der Waals surface area (Å²) in [5, 5.41) is 44.1. The molecule has 1 aliphatic heterocycles. The average Bonchev–Trinajstić information content (AvgIpc) is 3.74. The quantitative estimate of drug-likeness (QED) is 0.0642. The van der Waals surface area contributed by atoms with Gasteiger partial charge in [-0.3, -0.25) is 19.1 Å². The van der Waals surface area contributed by atoms with Crippen molar-refractivity contribution in [3.8, 4) is 0 Å². The van der Waals surface area contributed by atoms with Crippen LogP contribution in [-0.4, -0.2) is 115 Å². The van der Waals surface area contributed by atoms with E-state index in [1.807, 2.05) is 41.8 Å². The van der Waals surface area contributed by atoms with Gasteiger partial charge in [-0.05, 0) is 47.6 Å². The Labute approximate surface area is 299 Å². The molecule has 3 aromatic rings. The van der Waals surface area contributed by atoms with Gasteiger partial charge in [-0.1, -0.05) is 68.2 Å². The molecule has 1 aromatic carbocycles. The predicted molar refractivity (Wildman–Crippen MR) is 193 cm³/mol. The molecule has 51 heavy (non-hydrogen) atoms. The number of nitrogens with zero attached hydrogens (tertiary/aromatic N) is 8. The van der Waals surface area contributed by atoms with Crippen LogP contribution in [0.5, 0.6) is 0 Å². The van der Waals surface area contributed by atoms with E-state index in [1.165, 1.54) is 4.68 Å². The van der Waals surface area contributed by atoms with Crippen LogP contribution in [0.2, 0.25) is 0 Å². The van der Waals surface area contributed by atoms with Crippen molar-refractivity contribution in [2.45, 2.75) is 84.2 Å². The lowest BCUT2D eigenvalue weighted by Crippen LogP contribution is -2.47. The lowest BCUT2D eigenvalue weighted by Gasteiger charge is -2.35. The number of benzene rings is 1. The van der Waals surface area contributed by atoms with E-state index in [-0.39, 0.29) is 35.3 Å².